The number of ether oxygens (including phenoxy) is 1. The molecule has 3 nitrogen and oxygen atoms in total. The van der Waals surface area contributed by atoms with E-state index in [-0.39, 0.29) is 17.7 Å². The molecule has 0 saturated carbocycles. The van der Waals surface area contributed by atoms with Gasteiger partial charge in [-0.2, -0.15) is 5.10 Å². The van der Waals surface area contributed by atoms with Crippen LogP contribution in [0.1, 0.15) is 57.2 Å². The van der Waals surface area contributed by atoms with Gasteiger partial charge in [-0.15, -0.1) is 0 Å². The summed E-state index contributed by atoms with van der Waals surface area (Å²) >= 11 is 0. The van der Waals surface area contributed by atoms with E-state index in [4.69, 9.17) is 9.84 Å². The number of allylic oxidation sites excluding steroid dienone is 2. The molecular weight excluding hydrogens is 344 g/mol. The Balaban J connectivity index is 1.48. The van der Waals surface area contributed by atoms with Gasteiger partial charge in [0.1, 0.15) is 5.75 Å². The normalized spacial score (nSPS) is 27.5. The van der Waals surface area contributed by atoms with E-state index in [1.54, 1.807) is 0 Å². The lowest BCUT2D eigenvalue weighted by atomic mass is 9.75. The van der Waals surface area contributed by atoms with Crippen LogP contribution in [0.15, 0.2) is 71.3 Å². The van der Waals surface area contributed by atoms with Crippen molar-refractivity contribution in [1.29, 1.82) is 0 Å². The molecule has 0 aromatic heterocycles. The number of fused-ring (bicyclic) bond motifs is 3. The van der Waals surface area contributed by atoms with Crippen LogP contribution in [0.2, 0.25) is 0 Å². The Morgan fingerprint density at radius 1 is 1.07 bits per heavy atom. The number of para-hydroxylation sites is 1. The Bertz CT molecular complexity index is 944. The van der Waals surface area contributed by atoms with E-state index >= 15 is 0 Å². The summed E-state index contributed by atoms with van der Waals surface area (Å²) in [5.74, 6) is 1.61. The van der Waals surface area contributed by atoms with E-state index < -0.39 is 0 Å². The van der Waals surface area contributed by atoms with Crippen LogP contribution in [0.3, 0.4) is 0 Å². The van der Waals surface area contributed by atoms with Gasteiger partial charge < -0.3 is 4.74 Å². The van der Waals surface area contributed by atoms with Crippen molar-refractivity contribution >= 4 is 5.71 Å². The predicted molar refractivity (Wildman–Crippen MR) is 113 cm³/mol. The zero-order chi connectivity index (χ0) is 19.3. The molecule has 0 N–H and O–H groups in total. The van der Waals surface area contributed by atoms with E-state index in [1.807, 2.05) is 0 Å². The summed E-state index contributed by atoms with van der Waals surface area (Å²) in [6, 6.07) is 19.3. The lowest BCUT2D eigenvalue weighted by Crippen LogP contribution is -2.42. The quantitative estimate of drug-likeness (QED) is 0.623. The molecule has 2 aromatic carbocycles. The molecule has 1 aliphatic carbocycles. The molecular formula is C25H28N2O. The maximum Gasteiger partial charge on any atom is 0.188 e. The van der Waals surface area contributed by atoms with Crippen LogP contribution < -0.4 is 4.74 Å². The van der Waals surface area contributed by atoms with Gasteiger partial charge in [0.05, 0.1) is 11.8 Å². The first-order valence-corrected chi connectivity index (χ1v) is 10.4. The second-order valence-electron chi connectivity index (χ2n) is 8.90. The second-order valence-corrected chi connectivity index (χ2v) is 8.90. The molecule has 0 radical (unpaired) electrons. The first-order valence-electron chi connectivity index (χ1n) is 10.4. The van der Waals surface area contributed by atoms with Crippen molar-refractivity contribution in [2.75, 3.05) is 0 Å². The van der Waals surface area contributed by atoms with Gasteiger partial charge in [-0.3, -0.25) is 5.01 Å². The van der Waals surface area contributed by atoms with Crippen LogP contribution >= 0.6 is 0 Å². The zero-order valence-corrected chi connectivity index (χ0v) is 16.9. The topological polar surface area (TPSA) is 24.8 Å². The molecule has 3 unspecified atom stereocenters. The van der Waals surface area contributed by atoms with Gasteiger partial charge in [0, 0.05) is 18.4 Å². The van der Waals surface area contributed by atoms with Crippen LogP contribution in [-0.4, -0.2) is 16.9 Å². The zero-order valence-electron chi connectivity index (χ0n) is 16.9. The first-order chi connectivity index (χ1) is 13.5. The van der Waals surface area contributed by atoms with Gasteiger partial charge in [0.15, 0.2) is 6.23 Å². The highest BCUT2D eigenvalue weighted by Crippen LogP contribution is 2.49. The number of rotatable bonds is 3. The molecule has 5 rings (SSSR count). The lowest BCUT2D eigenvalue weighted by Gasteiger charge is -2.41. The van der Waals surface area contributed by atoms with Gasteiger partial charge in [0.25, 0.3) is 0 Å². The minimum absolute atomic E-state index is 0.00955. The highest BCUT2D eigenvalue weighted by molar-refractivity contribution is 6.01. The highest BCUT2D eigenvalue weighted by Gasteiger charge is 2.44. The average molecular weight is 373 g/mol. The van der Waals surface area contributed by atoms with Gasteiger partial charge in [-0.1, -0.05) is 74.0 Å². The van der Waals surface area contributed by atoms with Gasteiger partial charge in [-0.05, 0) is 36.3 Å². The summed E-state index contributed by atoms with van der Waals surface area (Å²) in [4.78, 5) is 0. The van der Waals surface area contributed by atoms with Gasteiger partial charge >= 0.3 is 0 Å². The molecule has 2 heterocycles. The number of hydrazone groups is 1. The van der Waals surface area contributed by atoms with E-state index in [0.717, 1.165) is 30.7 Å². The molecule has 0 spiro atoms. The standard InChI is InChI=1S/C25H28N2O/c1-17-13-14-19(25(17,2)3)15-24-27-22(20-11-7-8-12-23(20)28-24)16-21(26-27)18-9-5-4-6-10-18/h4-13,19,22,24H,14-16H2,1-3H3. The number of benzene rings is 2. The van der Waals surface area contributed by atoms with Crippen molar-refractivity contribution in [2.24, 2.45) is 16.4 Å². The Labute approximate surface area is 167 Å². The summed E-state index contributed by atoms with van der Waals surface area (Å²) in [6.07, 6.45) is 5.46. The third-order valence-corrected chi connectivity index (χ3v) is 7.12. The van der Waals surface area contributed by atoms with Crippen LogP contribution in [0, 0.1) is 11.3 Å². The molecule has 3 atom stereocenters. The Kier molecular flexibility index (Phi) is 4.08. The van der Waals surface area contributed by atoms with Crippen LogP contribution in [-0.2, 0) is 0 Å². The second kappa shape index (κ2) is 6.51. The summed E-state index contributed by atoms with van der Waals surface area (Å²) in [7, 11) is 0. The van der Waals surface area contributed by atoms with Gasteiger partial charge in [0.2, 0.25) is 0 Å². The van der Waals surface area contributed by atoms with E-state index in [0.29, 0.717) is 5.92 Å². The molecule has 3 heteroatoms. The summed E-state index contributed by atoms with van der Waals surface area (Å²) < 4.78 is 6.52. The molecule has 0 saturated heterocycles. The third-order valence-electron chi connectivity index (χ3n) is 7.12. The predicted octanol–water partition coefficient (Wildman–Crippen LogP) is 5.94. The monoisotopic (exact) mass is 372 g/mol. The molecule has 28 heavy (non-hydrogen) atoms. The fourth-order valence-corrected chi connectivity index (χ4v) is 4.90. The van der Waals surface area contributed by atoms with Crippen molar-refractivity contribution in [1.82, 2.24) is 5.01 Å². The minimum atomic E-state index is -0.00955. The molecule has 0 amide bonds. The smallest absolute Gasteiger partial charge is 0.188 e. The largest absolute Gasteiger partial charge is 0.469 e. The number of nitrogens with zero attached hydrogens (tertiary/aromatic N) is 2. The van der Waals surface area contributed by atoms with Gasteiger partial charge in [-0.25, -0.2) is 0 Å². The first kappa shape index (κ1) is 17.5. The van der Waals surface area contributed by atoms with Crippen molar-refractivity contribution < 1.29 is 4.74 Å². The van der Waals surface area contributed by atoms with Crippen molar-refractivity contribution in [2.45, 2.75) is 52.3 Å². The number of hydrogen-bond donors (Lipinski definition) is 0. The average Bonchev–Trinajstić information content (AvgIpc) is 3.26. The summed E-state index contributed by atoms with van der Waals surface area (Å²) in [5, 5.41) is 7.32. The van der Waals surface area contributed by atoms with Crippen molar-refractivity contribution in [3.8, 4) is 5.75 Å². The maximum atomic E-state index is 6.52. The van der Waals surface area contributed by atoms with Crippen molar-refractivity contribution in [3.63, 3.8) is 0 Å². The fourth-order valence-electron chi connectivity index (χ4n) is 4.90. The fraction of sp³-hybridized carbons (Fsp3) is 0.400. The SMILES string of the molecule is CC1=CCC(CC2Oc3ccccc3C3CC(c4ccccc4)=NN23)C1(C)C. The Hall–Kier alpha value is -2.55. The molecule has 0 fully saturated rings. The molecule has 144 valence electrons. The van der Waals surface area contributed by atoms with E-state index in [2.05, 4.69) is 86.5 Å². The third kappa shape index (κ3) is 2.76. The van der Waals surface area contributed by atoms with Crippen LogP contribution in [0.4, 0.5) is 0 Å². The molecule has 0 bridgehead atoms. The number of hydrogen-bond acceptors (Lipinski definition) is 3. The Morgan fingerprint density at radius 2 is 1.82 bits per heavy atom. The maximum absolute atomic E-state index is 6.52. The molecule has 2 aromatic rings. The molecule has 2 aliphatic heterocycles. The van der Waals surface area contributed by atoms with Crippen LogP contribution in [0.25, 0.3) is 0 Å². The van der Waals surface area contributed by atoms with Crippen LogP contribution in [0.5, 0.6) is 5.75 Å². The summed E-state index contributed by atoms with van der Waals surface area (Å²) in [6.45, 7) is 7.00. The summed E-state index contributed by atoms with van der Waals surface area (Å²) in [5.41, 5.74) is 5.36. The Morgan fingerprint density at radius 3 is 2.57 bits per heavy atom. The van der Waals surface area contributed by atoms with E-state index in [1.165, 1.54) is 16.7 Å². The lowest BCUT2D eigenvalue weighted by molar-refractivity contribution is -0.0386. The van der Waals surface area contributed by atoms with Crippen molar-refractivity contribution in [3.05, 3.63) is 77.4 Å². The van der Waals surface area contributed by atoms with E-state index in [9.17, 15) is 0 Å². The molecule has 3 aliphatic rings. The highest BCUT2D eigenvalue weighted by atomic mass is 16.5. The minimum Gasteiger partial charge on any atom is -0.469 e.